The Morgan fingerprint density at radius 1 is 1.53 bits per heavy atom. The quantitative estimate of drug-likeness (QED) is 0.489. The van der Waals surface area contributed by atoms with E-state index >= 15 is 0 Å². The van der Waals surface area contributed by atoms with Gasteiger partial charge in [0.1, 0.15) is 0 Å². The molecule has 0 radical (unpaired) electrons. The highest BCUT2D eigenvalue weighted by Crippen LogP contribution is 2.28. The third-order valence-corrected chi connectivity index (χ3v) is 3.45. The van der Waals surface area contributed by atoms with E-state index in [4.69, 9.17) is 5.11 Å². The van der Waals surface area contributed by atoms with Gasteiger partial charge in [0.2, 0.25) is 0 Å². The number of nitro benzene ring substituents is 1. The Morgan fingerprint density at radius 2 is 2.21 bits per heavy atom. The van der Waals surface area contributed by atoms with Crippen LogP contribution < -0.4 is 0 Å². The molecule has 0 aliphatic rings. The largest absolute Gasteiger partial charge is 0.395 e. The molecule has 0 aliphatic heterocycles. The molecular weight excluding hydrogens is 268 g/mol. The van der Waals surface area contributed by atoms with Crippen molar-refractivity contribution in [1.29, 1.82) is 0 Å². The third-order valence-electron chi connectivity index (χ3n) is 2.66. The molecule has 0 spiro atoms. The van der Waals surface area contributed by atoms with Gasteiger partial charge < -0.3 is 10.0 Å². The molecule has 0 aliphatic carbocycles. The highest BCUT2D eigenvalue weighted by molar-refractivity contribution is 7.98. The van der Waals surface area contributed by atoms with Crippen LogP contribution in [0, 0.1) is 10.1 Å². The number of benzene rings is 1. The van der Waals surface area contributed by atoms with Gasteiger partial charge in [-0.2, -0.15) is 0 Å². The highest BCUT2D eigenvalue weighted by atomic mass is 32.2. The molecule has 6 nitrogen and oxygen atoms in total. The fraction of sp³-hybridized carbons (Fsp3) is 0.417. The first kappa shape index (κ1) is 15.5. The van der Waals surface area contributed by atoms with E-state index in [1.165, 1.54) is 22.7 Å². The molecule has 19 heavy (non-hydrogen) atoms. The van der Waals surface area contributed by atoms with Crippen LogP contribution in [0.15, 0.2) is 23.1 Å². The lowest BCUT2D eigenvalue weighted by atomic mass is 10.1. The average molecular weight is 284 g/mol. The summed E-state index contributed by atoms with van der Waals surface area (Å²) in [5.74, 6) is -0.313. The fourth-order valence-corrected chi connectivity index (χ4v) is 2.22. The maximum Gasteiger partial charge on any atom is 0.283 e. The van der Waals surface area contributed by atoms with E-state index in [-0.39, 0.29) is 30.3 Å². The van der Waals surface area contributed by atoms with Gasteiger partial charge in [0.15, 0.2) is 0 Å². The number of nitrogens with zero attached hydrogens (tertiary/aromatic N) is 2. The van der Waals surface area contributed by atoms with Crippen LogP contribution in [0.1, 0.15) is 17.3 Å². The van der Waals surface area contributed by atoms with Gasteiger partial charge >= 0.3 is 0 Å². The Hall–Kier alpha value is -1.60. The Labute approximate surface area is 115 Å². The second kappa shape index (κ2) is 7.10. The molecule has 0 heterocycles. The van der Waals surface area contributed by atoms with Gasteiger partial charge in [0, 0.05) is 24.7 Å². The first-order valence-electron chi connectivity index (χ1n) is 5.77. The molecular formula is C12H16N2O4S. The molecule has 104 valence electrons. The zero-order valence-electron chi connectivity index (χ0n) is 10.8. The number of carbonyl (C=O) groups is 1. The van der Waals surface area contributed by atoms with Gasteiger partial charge in [-0.3, -0.25) is 14.9 Å². The Kier molecular flexibility index (Phi) is 5.78. The van der Waals surface area contributed by atoms with Gasteiger partial charge in [-0.05, 0) is 25.3 Å². The molecule has 0 unspecified atom stereocenters. The zero-order chi connectivity index (χ0) is 14.4. The summed E-state index contributed by atoms with van der Waals surface area (Å²) in [7, 11) is 0. The molecule has 1 rings (SSSR count). The molecule has 0 atom stereocenters. The summed E-state index contributed by atoms with van der Waals surface area (Å²) in [4.78, 5) is 24.5. The molecule has 0 bridgehead atoms. The Bertz CT molecular complexity index is 479. The van der Waals surface area contributed by atoms with Gasteiger partial charge in [-0.1, -0.05) is 0 Å². The molecule has 0 saturated carbocycles. The first-order valence-corrected chi connectivity index (χ1v) is 7.00. The summed E-state index contributed by atoms with van der Waals surface area (Å²) >= 11 is 1.26. The zero-order valence-corrected chi connectivity index (χ0v) is 11.6. The third kappa shape index (κ3) is 3.68. The smallest absolute Gasteiger partial charge is 0.283 e. The molecule has 1 amide bonds. The minimum atomic E-state index is -0.495. The van der Waals surface area contributed by atoms with Crippen molar-refractivity contribution >= 4 is 23.4 Å². The van der Waals surface area contributed by atoms with E-state index in [0.717, 1.165) is 0 Å². The fourth-order valence-electron chi connectivity index (χ4n) is 1.67. The number of amides is 1. The summed E-state index contributed by atoms with van der Waals surface area (Å²) < 4.78 is 0. The average Bonchev–Trinajstić information content (AvgIpc) is 2.43. The van der Waals surface area contributed by atoms with E-state index in [1.807, 2.05) is 0 Å². The van der Waals surface area contributed by atoms with Crippen LogP contribution in [-0.4, -0.2) is 46.8 Å². The van der Waals surface area contributed by atoms with Gasteiger partial charge in [-0.15, -0.1) is 11.8 Å². The molecule has 7 heteroatoms. The van der Waals surface area contributed by atoms with Crippen molar-refractivity contribution in [2.75, 3.05) is 26.0 Å². The van der Waals surface area contributed by atoms with Crippen molar-refractivity contribution in [1.82, 2.24) is 4.90 Å². The van der Waals surface area contributed by atoms with Crippen molar-refractivity contribution < 1.29 is 14.8 Å². The Morgan fingerprint density at radius 3 is 2.68 bits per heavy atom. The second-order valence-corrected chi connectivity index (χ2v) is 4.60. The second-order valence-electron chi connectivity index (χ2n) is 3.75. The number of aliphatic hydroxyl groups excluding tert-OH is 1. The van der Waals surface area contributed by atoms with Crippen LogP contribution in [0.5, 0.6) is 0 Å². The summed E-state index contributed by atoms with van der Waals surface area (Å²) in [6, 6.07) is 4.43. The summed E-state index contributed by atoms with van der Waals surface area (Å²) in [5, 5.41) is 19.8. The van der Waals surface area contributed by atoms with Gasteiger partial charge in [0.05, 0.1) is 16.4 Å². The molecule has 0 fully saturated rings. The maximum atomic E-state index is 12.1. The van der Waals surface area contributed by atoms with E-state index in [1.54, 1.807) is 25.3 Å². The van der Waals surface area contributed by atoms with Crippen LogP contribution in [0.25, 0.3) is 0 Å². The maximum absolute atomic E-state index is 12.1. The van der Waals surface area contributed by atoms with Crippen LogP contribution >= 0.6 is 11.8 Å². The minimum absolute atomic E-state index is 0.0709. The molecule has 1 aromatic rings. The highest BCUT2D eigenvalue weighted by Gasteiger charge is 2.19. The minimum Gasteiger partial charge on any atom is -0.395 e. The number of hydrogen-bond acceptors (Lipinski definition) is 5. The Balaban J connectivity index is 3.10. The normalized spacial score (nSPS) is 10.3. The number of aliphatic hydroxyl groups is 1. The molecule has 1 aromatic carbocycles. The van der Waals surface area contributed by atoms with Crippen LogP contribution in [0.3, 0.4) is 0 Å². The lowest BCUT2D eigenvalue weighted by Crippen LogP contribution is -2.33. The SMILES string of the molecule is CCN(CCO)C(=O)c1ccc(SC)c([N+](=O)[O-])c1. The van der Waals surface area contributed by atoms with Crippen molar-refractivity contribution in [2.24, 2.45) is 0 Å². The summed E-state index contributed by atoms with van der Waals surface area (Å²) in [6.45, 7) is 2.31. The van der Waals surface area contributed by atoms with E-state index in [0.29, 0.717) is 11.4 Å². The summed E-state index contributed by atoms with van der Waals surface area (Å²) in [6.07, 6.45) is 1.74. The van der Waals surface area contributed by atoms with E-state index in [2.05, 4.69) is 0 Å². The molecule has 1 N–H and O–H groups in total. The number of hydrogen-bond donors (Lipinski definition) is 1. The molecule has 0 aromatic heterocycles. The van der Waals surface area contributed by atoms with Crippen molar-refractivity contribution in [3.8, 4) is 0 Å². The number of rotatable bonds is 6. The molecule has 0 saturated heterocycles. The predicted octanol–water partition coefficient (Wildman–Crippen LogP) is 1.77. The number of nitro groups is 1. The lowest BCUT2D eigenvalue weighted by molar-refractivity contribution is -0.387. The monoisotopic (exact) mass is 284 g/mol. The summed E-state index contributed by atoms with van der Waals surface area (Å²) in [5.41, 5.74) is 0.193. The number of carbonyl (C=O) groups excluding carboxylic acids is 1. The van der Waals surface area contributed by atoms with Crippen LogP contribution in [0.4, 0.5) is 5.69 Å². The lowest BCUT2D eigenvalue weighted by Gasteiger charge is -2.19. The number of thioether (sulfide) groups is 1. The van der Waals surface area contributed by atoms with E-state index < -0.39 is 4.92 Å². The first-order chi connectivity index (χ1) is 9.04. The van der Waals surface area contributed by atoms with Crippen LogP contribution in [0.2, 0.25) is 0 Å². The standard InChI is InChI=1S/C12H16N2O4S/c1-3-13(6-7-15)12(16)9-4-5-11(19-2)10(8-9)14(17)18/h4-5,8,15H,3,6-7H2,1-2H3. The van der Waals surface area contributed by atoms with Crippen molar-refractivity contribution in [3.63, 3.8) is 0 Å². The number of likely N-dealkylation sites (N-methyl/N-ethyl adjacent to an activating group) is 1. The predicted molar refractivity (Wildman–Crippen MR) is 73.5 cm³/mol. The van der Waals surface area contributed by atoms with Gasteiger partial charge in [-0.25, -0.2) is 0 Å². The van der Waals surface area contributed by atoms with Gasteiger partial charge in [0.25, 0.3) is 11.6 Å². The van der Waals surface area contributed by atoms with Crippen LogP contribution in [-0.2, 0) is 0 Å². The topological polar surface area (TPSA) is 83.7 Å². The van der Waals surface area contributed by atoms with Crippen molar-refractivity contribution in [3.05, 3.63) is 33.9 Å². The van der Waals surface area contributed by atoms with E-state index in [9.17, 15) is 14.9 Å². The van der Waals surface area contributed by atoms with Crippen molar-refractivity contribution in [2.45, 2.75) is 11.8 Å².